The topological polar surface area (TPSA) is 76.6 Å². The summed E-state index contributed by atoms with van der Waals surface area (Å²) in [5, 5.41) is 0.712. The van der Waals surface area contributed by atoms with Gasteiger partial charge in [-0.25, -0.2) is 4.98 Å². The van der Waals surface area contributed by atoms with Gasteiger partial charge in [0, 0.05) is 12.1 Å². The van der Waals surface area contributed by atoms with Gasteiger partial charge in [0.2, 0.25) is 5.91 Å². The molecule has 136 valence electrons. The molecule has 0 bridgehead atoms. The van der Waals surface area contributed by atoms with Crippen LogP contribution in [0.2, 0.25) is 0 Å². The van der Waals surface area contributed by atoms with E-state index in [1.807, 2.05) is 24.3 Å². The smallest absolute Gasteiger partial charge is 0.308 e. The molecule has 0 atom stereocenters. The molecule has 0 saturated heterocycles. The molecule has 2 heterocycles. The number of esters is 1. The first-order valence-corrected chi connectivity index (χ1v) is 9.36. The fraction of sp³-hybridized carbons (Fsp3) is 0.200. The van der Waals surface area contributed by atoms with Gasteiger partial charge in [0.1, 0.15) is 11.6 Å². The van der Waals surface area contributed by atoms with Crippen LogP contribution >= 0.6 is 11.3 Å². The standard InChI is InChI=1S/C20H16N2O4S/c23-18-11-13-5-1-2-6-14(13)20(25)22(18)10-9-19(24)26-12-17-21-15-7-3-4-8-16(15)27-17/h1-8H,9-12H2. The Morgan fingerprint density at radius 2 is 1.89 bits per heavy atom. The summed E-state index contributed by atoms with van der Waals surface area (Å²) in [6.45, 7) is 0.105. The summed E-state index contributed by atoms with van der Waals surface area (Å²) in [5.41, 5.74) is 2.11. The molecule has 0 radical (unpaired) electrons. The van der Waals surface area contributed by atoms with E-state index in [4.69, 9.17) is 4.74 Å². The third kappa shape index (κ3) is 3.59. The Kier molecular flexibility index (Phi) is 4.68. The van der Waals surface area contributed by atoms with Gasteiger partial charge in [-0.1, -0.05) is 30.3 Å². The van der Waals surface area contributed by atoms with E-state index in [9.17, 15) is 14.4 Å². The fourth-order valence-corrected chi connectivity index (χ4v) is 3.91. The van der Waals surface area contributed by atoms with Gasteiger partial charge in [0.25, 0.3) is 5.91 Å². The lowest BCUT2D eigenvalue weighted by atomic mass is 9.98. The number of amides is 2. The van der Waals surface area contributed by atoms with Gasteiger partial charge < -0.3 is 4.74 Å². The van der Waals surface area contributed by atoms with Crippen LogP contribution in [0, 0.1) is 0 Å². The molecular weight excluding hydrogens is 364 g/mol. The van der Waals surface area contributed by atoms with Crippen molar-refractivity contribution in [1.29, 1.82) is 0 Å². The summed E-state index contributed by atoms with van der Waals surface area (Å²) in [4.78, 5) is 42.2. The Balaban J connectivity index is 1.34. The number of para-hydroxylation sites is 1. The van der Waals surface area contributed by atoms with Crippen molar-refractivity contribution < 1.29 is 19.1 Å². The number of aromatic nitrogens is 1. The first kappa shape index (κ1) is 17.4. The van der Waals surface area contributed by atoms with Crippen molar-refractivity contribution in [2.75, 3.05) is 6.54 Å². The molecule has 3 aromatic rings. The van der Waals surface area contributed by atoms with Gasteiger partial charge in [0.05, 0.1) is 23.1 Å². The van der Waals surface area contributed by atoms with Crippen molar-refractivity contribution in [3.05, 3.63) is 64.7 Å². The van der Waals surface area contributed by atoms with E-state index in [1.165, 1.54) is 11.3 Å². The number of ether oxygens (including phenoxy) is 1. The lowest BCUT2D eigenvalue weighted by molar-refractivity contribution is -0.145. The SMILES string of the molecule is O=C(CCN1C(=O)Cc2ccccc2C1=O)OCc1nc2ccccc2s1. The summed E-state index contributed by atoms with van der Waals surface area (Å²) in [6.07, 6.45) is 0.132. The molecule has 0 saturated carbocycles. The van der Waals surface area contributed by atoms with Crippen LogP contribution in [0.25, 0.3) is 10.2 Å². The van der Waals surface area contributed by atoms with Crippen LogP contribution in [0.15, 0.2) is 48.5 Å². The van der Waals surface area contributed by atoms with Crippen LogP contribution in [0.1, 0.15) is 27.3 Å². The highest BCUT2D eigenvalue weighted by Gasteiger charge is 2.30. The van der Waals surface area contributed by atoms with Crippen molar-refractivity contribution in [3.8, 4) is 0 Å². The number of hydrogen-bond acceptors (Lipinski definition) is 6. The molecule has 0 aliphatic carbocycles. The maximum atomic E-state index is 12.5. The van der Waals surface area contributed by atoms with Gasteiger partial charge in [-0.3, -0.25) is 19.3 Å². The lowest BCUT2D eigenvalue weighted by Gasteiger charge is -2.26. The quantitative estimate of drug-likeness (QED) is 0.502. The summed E-state index contributed by atoms with van der Waals surface area (Å²) < 4.78 is 6.28. The van der Waals surface area contributed by atoms with Crippen LogP contribution in [0.5, 0.6) is 0 Å². The third-order valence-corrected chi connectivity index (χ3v) is 5.38. The van der Waals surface area contributed by atoms with Crippen LogP contribution in [-0.2, 0) is 27.4 Å². The monoisotopic (exact) mass is 380 g/mol. The molecular formula is C20H16N2O4S. The number of rotatable bonds is 5. The Bertz CT molecular complexity index is 1010. The largest absolute Gasteiger partial charge is 0.458 e. The molecule has 0 N–H and O–H groups in total. The van der Waals surface area contributed by atoms with Gasteiger partial charge in [-0.2, -0.15) is 0 Å². The van der Waals surface area contributed by atoms with E-state index in [1.54, 1.807) is 24.3 Å². The number of carbonyl (C=O) groups excluding carboxylic acids is 3. The van der Waals surface area contributed by atoms with E-state index in [0.29, 0.717) is 10.6 Å². The van der Waals surface area contributed by atoms with E-state index in [0.717, 1.165) is 20.7 Å². The Morgan fingerprint density at radius 3 is 2.74 bits per heavy atom. The van der Waals surface area contributed by atoms with E-state index in [-0.39, 0.29) is 37.8 Å². The van der Waals surface area contributed by atoms with Gasteiger partial charge >= 0.3 is 5.97 Å². The molecule has 1 aromatic heterocycles. The molecule has 6 nitrogen and oxygen atoms in total. The summed E-state index contributed by atoms with van der Waals surface area (Å²) in [7, 11) is 0. The van der Waals surface area contributed by atoms with Crippen LogP contribution in [0.4, 0.5) is 0 Å². The summed E-state index contributed by atoms with van der Waals surface area (Å²) >= 11 is 1.47. The first-order chi connectivity index (χ1) is 13.1. The number of fused-ring (bicyclic) bond motifs is 2. The zero-order chi connectivity index (χ0) is 18.8. The predicted molar refractivity (Wildman–Crippen MR) is 100 cm³/mol. The number of imide groups is 1. The predicted octanol–water partition coefficient (Wildman–Crippen LogP) is 2.95. The van der Waals surface area contributed by atoms with E-state index < -0.39 is 5.97 Å². The van der Waals surface area contributed by atoms with Gasteiger partial charge in [0.15, 0.2) is 0 Å². The summed E-state index contributed by atoms with van der Waals surface area (Å²) in [6, 6.07) is 14.7. The van der Waals surface area contributed by atoms with Gasteiger partial charge in [-0.05, 0) is 23.8 Å². The average Bonchev–Trinajstić information content (AvgIpc) is 3.09. The normalized spacial score (nSPS) is 13.7. The number of benzene rings is 2. The second-order valence-corrected chi connectivity index (χ2v) is 7.29. The van der Waals surface area contributed by atoms with Crippen LogP contribution in [-0.4, -0.2) is 34.2 Å². The third-order valence-electron chi connectivity index (χ3n) is 4.37. The molecule has 1 aliphatic heterocycles. The number of nitrogens with zero attached hydrogens (tertiary/aromatic N) is 2. The van der Waals surface area contributed by atoms with Crippen molar-refractivity contribution in [1.82, 2.24) is 9.88 Å². The molecule has 2 amide bonds. The highest BCUT2D eigenvalue weighted by Crippen LogP contribution is 2.22. The Morgan fingerprint density at radius 1 is 1.11 bits per heavy atom. The molecule has 7 heteroatoms. The minimum absolute atomic E-state index is 0.0185. The maximum Gasteiger partial charge on any atom is 0.308 e. The molecule has 27 heavy (non-hydrogen) atoms. The number of thiazole rings is 1. The minimum Gasteiger partial charge on any atom is -0.458 e. The van der Waals surface area contributed by atoms with Crippen molar-refractivity contribution in [2.45, 2.75) is 19.4 Å². The molecule has 0 fully saturated rings. The zero-order valence-corrected chi connectivity index (χ0v) is 15.2. The lowest BCUT2D eigenvalue weighted by Crippen LogP contribution is -2.43. The van der Waals surface area contributed by atoms with Crippen molar-refractivity contribution in [3.63, 3.8) is 0 Å². The zero-order valence-electron chi connectivity index (χ0n) is 14.4. The fourth-order valence-electron chi connectivity index (χ4n) is 3.03. The second-order valence-electron chi connectivity index (χ2n) is 6.17. The molecule has 1 aliphatic rings. The number of hydrogen-bond donors (Lipinski definition) is 0. The first-order valence-electron chi connectivity index (χ1n) is 8.54. The minimum atomic E-state index is -0.464. The molecule has 0 unspecified atom stereocenters. The van der Waals surface area contributed by atoms with E-state index in [2.05, 4.69) is 4.98 Å². The second kappa shape index (κ2) is 7.28. The van der Waals surface area contributed by atoms with E-state index >= 15 is 0 Å². The number of carbonyl (C=O) groups is 3. The van der Waals surface area contributed by atoms with Crippen molar-refractivity contribution >= 4 is 39.3 Å². The molecule has 4 rings (SSSR count). The summed E-state index contributed by atoms with van der Waals surface area (Å²) in [5.74, 6) is -1.12. The molecule has 0 spiro atoms. The van der Waals surface area contributed by atoms with Crippen molar-refractivity contribution in [2.24, 2.45) is 0 Å². The van der Waals surface area contributed by atoms with Crippen LogP contribution < -0.4 is 0 Å². The Labute approximate surface area is 159 Å². The maximum absolute atomic E-state index is 12.5. The highest BCUT2D eigenvalue weighted by atomic mass is 32.1. The average molecular weight is 380 g/mol. The molecule has 2 aromatic carbocycles. The highest BCUT2D eigenvalue weighted by molar-refractivity contribution is 7.18. The van der Waals surface area contributed by atoms with Crippen LogP contribution in [0.3, 0.4) is 0 Å². The Hall–Kier alpha value is -3.06. The van der Waals surface area contributed by atoms with Gasteiger partial charge in [-0.15, -0.1) is 11.3 Å².